The zero-order chi connectivity index (χ0) is 20.6. The van der Waals surface area contributed by atoms with E-state index in [1.807, 2.05) is 47.9 Å². The second-order valence-corrected chi connectivity index (χ2v) is 8.67. The van der Waals surface area contributed by atoms with Gasteiger partial charge in [0.15, 0.2) is 5.96 Å². The number of para-hydroxylation sites is 1. The summed E-state index contributed by atoms with van der Waals surface area (Å²) in [4.78, 5) is 8.26. The van der Waals surface area contributed by atoms with Crippen LogP contribution in [0.4, 0.5) is 0 Å². The lowest BCUT2D eigenvalue weighted by Crippen LogP contribution is -2.41. The molecule has 1 unspecified atom stereocenters. The molecule has 2 heterocycles. The van der Waals surface area contributed by atoms with Crippen LogP contribution in [0.5, 0.6) is 0 Å². The van der Waals surface area contributed by atoms with E-state index in [1.165, 1.54) is 16.9 Å². The van der Waals surface area contributed by atoms with E-state index < -0.39 is 0 Å². The maximum atomic E-state index is 4.51. The number of nitrogens with zero attached hydrogens (tertiary/aromatic N) is 4. The number of hydrogen-bond donors (Lipinski definition) is 1. The number of hydrogen-bond acceptors (Lipinski definition) is 3. The van der Waals surface area contributed by atoms with Gasteiger partial charge in [0.1, 0.15) is 0 Å². The lowest BCUT2D eigenvalue weighted by molar-refractivity contribution is 0.475. The number of guanidine groups is 1. The van der Waals surface area contributed by atoms with E-state index in [1.54, 1.807) is 0 Å². The predicted molar refractivity (Wildman–Crippen MR) is 125 cm³/mol. The Kier molecular flexibility index (Phi) is 7.08. The highest BCUT2D eigenvalue weighted by molar-refractivity contribution is 7.99. The zero-order valence-electron chi connectivity index (χ0n) is 17.4. The average molecular weight is 420 g/mol. The Hall–Kier alpha value is -2.73. The van der Waals surface area contributed by atoms with Gasteiger partial charge in [-0.3, -0.25) is 4.99 Å². The Labute approximate surface area is 183 Å². The van der Waals surface area contributed by atoms with E-state index >= 15 is 0 Å². The normalized spacial score (nSPS) is 16.8. The lowest BCUT2D eigenvalue weighted by atomic mass is 10.2. The van der Waals surface area contributed by atoms with Crippen molar-refractivity contribution in [1.29, 1.82) is 0 Å². The van der Waals surface area contributed by atoms with Crippen molar-refractivity contribution in [2.75, 3.05) is 32.4 Å². The molecule has 3 aromatic rings. The molecule has 0 spiro atoms. The monoisotopic (exact) mass is 419 g/mol. The van der Waals surface area contributed by atoms with Crippen LogP contribution in [0.1, 0.15) is 12.0 Å². The van der Waals surface area contributed by atoms with Crippen LogP contribution in [0, 0.1) is 5.92 Å². The maximum absolute atomic E-state index is 4.51. The van der Waals surface area contributed by atoms with Gasteiger partial charge in [-0.05, 0) is 48.6 Å². The molecule has 156 valence electrons. The first kappa shape index (κ1) is 20.5. The van der Waals surface area contributed by atoms with Gasteiger partial charge in [-0.15, -0.1) is 11.8 Å². The molecule has 6 heteroatoms. The molecular weight excluding hydrogens is 390 g/mol. The van der Waals surface area contributed by atoms with Gasteiger partial charge in [-0.25, -0.2) is 4.68 Å². The van der Waals surface area contributed by atoms with E-state index in [-0.39, 0.29) is 0 Å². The molecule has 30 heavy (non-hydrogen) atoms. The molecular formula is C24H29N5S. The molecule has 4 rings (SSSR count). The van der Waals surface area contributed by atoms with E-state index in [0.29, 0.717) is 5.92 Å². The second kappa shape index (κ2) is 10.3. The largest absolute Gasteiger partial charge is 0.356 e. The van der Waals surface area contributed by atoms with Gasteiger partial charge in [0.25, 0.3) is 0 Å². The number of aromatic nitrogens is 2. The molecule has 0 saturated carbocycles. The van der Waals surface area contributed by atoms with Crippen molar-refractivity contribution >= 4 is 17.7 Å². The standard InChI is InChI=1S/C24H29N5S/c1-25-24(28-15-13-21(17-28)19-30-23-10-6-3-7-11-23)26-14-12-20-16-27-29(18-20)22-8-4-2-5-9-22/h2-11,16,18,21H,12-15,17,19H2,1H3,(H,25,26). The molecule has 0 amide bonds. The first-order valence-electron chi connectivity index (χ1n) is 10.5. The van der Waals surface area contributed by atoms with Crippen LogP contribution < -0.4 is 5.32 Å². The molecule has 2 aromatic carbocycles. The Morgan fingerprint density at radius 1 is 1.13 bits per heavy atom. The Balaban J connectivity index is 1.22. The molecule has 1 aliphatic rings. The number of benzene rings is 2. The highest BCUT2D eigenvalue weighted by atomic mass is 32.2. The molecule has 0 aliphatic carbocycles. The van der Waals surface area contributed by atoms with Crippen molar-refractivity contribution < 1.29 is 0 Å². The van der Waals surface area contributed by atoms with Crippen molar-refractivity contribution in [3.05, 3.63) is 78.6 Å². The summed E-state index contributed by atoms with van der Waals surface area (Å²) in [5.74, 6) is 2.88. The predicted octanol–water partition coefficient (Wildman–Crippen LogP) is 4.10. The summed E-state index contributed by atoms with van der Waals surface area (Å²) in [7, 11) is 1.88. The molecule has 0 radical (unpaired) electrons. The summed E-state index contributed by atoms with van der Waals surface area (Å²) in [6.07, 6.45) is 6.20. The Morgan fingerprint density at radius 3 is 2.67 bits per heavy atom. The minimum absolute atomic E-state index is 0.706. The van der Waals surface area contributed by atoms with Crippen molar-refractivity contribution in [2.45, 2.75) is 17.7 Å². The second-order valence-electron chi connectivity index (χ2n) is 7.58. The van der Waals surface area contributed by atoms with Gasteiger partial charge in [0.2, 0.25) is 0 Å². The number of nitrogens with one attached hydrogen (secondary N) is 1. The number of rotatable bonds is 7. The van der Waals surface area contributed by atoms with Crippen LogP contribution >= 0.6 is 11.8 Å². The van der Waals surface area contributed by atoms with Crippen LogP contribution in [-0.2, 0) is 6.42 Å². The quantitative estimate of drug-likeness (QED) is 0.356. The zero-order valence-corrected chi connectivity index (χ0v) is 18.3. The first-order valence-corrected chi connectivity index (χ1v) is 11.5. The van der Waals surface area contributed by atoms with Gasteiger partial charge < -0.3 is 10.2 Å². The summed E-state index contributed by atoms with van der Waals surface area (Å²) in [5.41, 5.74) is 2.31. The number of thioether (sulfide) groups is 1. The molecule has 0 bridgehead atoms. The Bertz CT molecular complexity index is 938. The van der Waals surface area contributed by atoms with E-state index in [4.69, 9.17) is 0 Å². The van der Waals surface area contributed by atoms with Gasteiger partial charge >= 0.3 is 0 Å². The van der Waals surface area contributed by atoms with Gasteiger partial charge in [0, 0.05) is 43.5 Å². The topological polar surface area (TPSA) is 45.5 Å². The molecule has 1 saturated heterocycles. The minimum Gasteiger partial charge on any atom is -0.356 e. The molecule has 1 N–H and O–H groups in total. The minimum atomic E-state index is 0.706. The van der Waals surface area contributed by atoms with Crippen molar-refractivity contribution in [2.24, 2.45) is 10.9 Å². The van der Waals surface area contributed by atoms with Crippen LogP contribution in [0.2, 0.25) is 0 Å². The van der Waals surface area contributed by atoms with Crippen LogP contribution in [0.3, 0.4) is 0 Å². The smallest absolute Gasteiger partial charge is 0.193 e. The van der Waals surface area contributed by atoms with Crippen molar-refractivity contribution in [3.63, 3.8) is 0 Å². The molecule has 1 aromatic heterocycles. The lowest BCUT2D eigenvalue weighted by Gasteiger charge is -2.21. The third kappa shape index (κ3) is 5.45. The van der Waals surface area contributed by atoms with Crippen molar-refractivity contribution in [1.82, 2.24) is 20.0 Å². The van der Waals surface area contributed by atoms with Gasteiger partial charge in [-0.2, -0.15) is 5.10 Å². The highest BCUT2D eigenvalue weighted by Crippen LogP contribution is 2.25. The molecule has 5 nitrogen and oxygen atoms in total. The molecule has 1 atom stereocenters. The van der Waals surface area contributed by atoms with Gasteiger partial charge in [-0.1, -0.05) is 36.4 Å². The van der Waals surface area contributed by atoms with Crippen LogP contribution in [0.25, 0.3) is 5.69 Å². The molecule has 1 aliphatic heterocycles. The fourth-order valence-corrected chi connectivity index (χ4v) is 4.80. The van der Waals surface area contributed by atoms with Crippen molar-refractivity contribution in [3.8, 4) is 5.69 Å². The van der Waals surface area contributed by atoms with Crippen LogP contribution in [0.15, 0.2) is 82.9 Å². The fourth-order valence-electron chi connectivity index (χ4n) is 3.75. The Morgan fingerprint density at radius 2 is 1.90 bits per heavy atom. The summed E-state index contributed by atoms with van der Waals surface area (Å²) < 4.78 is 1.93. The summed E-state index contributed by atoms with van der Waals surface area (Å²) in [6.45, 7) is 3.00. The van der Waals surface area contributed by atoms with E-state index in [9.17, 15) is 0 Å². The number of likely N-dealkylation sites (tertiary alicyclic amines) is 1. The first-order chi connectivity index (χ1) is 14.8. The maximum Gasteiger partial charge on any atom is 0.193 e. The van der Waals surface area contributed by atoms with E-state index in [2.05, 4.69) is 69.0 Å². The van der Waals surface area contributed by atoms with Gasteiger partial charge in [0.05, 0.1) is 11.9 Å². The summed E-state index contributed by atoms with van der Waals surface area (Å²) >= 11 is 1.96. The third-order valence-electron chi connectivity index (χ3n) is 5.38. The average Bonchev–Trinajstić information content (AvgIpc) is 3.47. The third-order valence-corrected chi connectivity index (χ3v) is 6.62. The number of aliphatic imine (C=N–C) groups is 1. The summed E-state index contributed by atoms with van der Waals surface area (Å²) in [5, 5.41) is 8.02. The van der Waals surface area contributed by atoms with E-state index in [0.717, 1.165) is 43.5 Å². The fraction of sp³-hybridized carbons (Fsp3) is 0.333. The highest BCUT2D eigenvalue weighted by Gasteiger charge is 2.24. The molecule has 1 fully saturated rings. The SMILES string of the molecule is CN=C(NCCc1cnn(-c2ccccc2)c1)N1CCC(CSc2ccccc2)C1. The van der Waals surface area contributed by atoms with Crippen LogP contribution in [-0.4, -0.2) is 53.1 Å². The summed E-state index contributed by atoms with van der Waals surface area (Å²) in [6, 6.07) is 20.9.